The van der Waals surface area contributed by atoms with Crippen LogP contribution in [0.25, 0.3) is 0 Å². The third kappa shape index (κ3) is 4.94. The number of hydrogen-bond acceptors (Lipinski definition) is 3. The minimum Gasteiger partial charge on any atom is -0.508 e. The first kappa shape index (κ1) is 20.7. The first-order valence-electron chi connectivity index (χ1n) is 11.1. The minimum absolute atomic E-state index is 0.300. The van der Waals surface area contributed by atoms with Crippen molar-refractivity contribution in [2.24, 2.45) is 0 Å². The lowest BCUT2D eigenvalue weighted by Crippen LogP contribution is -3.16. The highest BCUT2D eigenvalue weighted by Gasteiger charge is 2.30. The smallest absolute Gasteiger partial charge is 0.278 e. The molecule has 6 heteroatoms. The summed E-state index contributed by atoms with van der Waals surface area (Å²) in [6.45, 7) is 10.5. The van der Waals surface area contributed by atoms with E-state index in [1.165, 1.54) is 10.5 Å². The fourth-order valence-electron chi connectivity index (χ4n) is 4.70. The van der Waals surface area contributed by atoms with Crippen LogP contribution in [0.2, 0.25) is 0 Å². The Kier molecular flexibility index (Phi) is 6.55. The lowest BCUT2D eigenvalue weighted by atomic mass is 10.1. The van der Waals surface area contributed by atoms with Crippen LogP contribution in [0, 0.1) is 0 Å². The first-order chi connectivity index (χ1) is 14.6. The van der Waals surface area contributed by atoms with Gasteiger partial charge in [-0.25, -0.2) is 0 Å². The molecule has 0 aliphatic carbocycles. The molecule has 0 aromatic heterocycles. The Labute approximate surface area is 179 Å². The van der Waals surface area contributed by atoms with E-state index in [0.717, 1.165) is 58.0 Å². The van der Waals surface area contributed by atoms with Crippen molar-refractivity contribution in [2.45, 2.75) is 13.0 Å². The highest BCUT2D eigenvalue weighted by Crippen LogP contribution is 2.18. The Morgan fingerprint density at radius 3 is 2.20 bits per heavy atom. The normalized spacial score (nSPS) is 19.6. The number of phenolic OH excluding ortho intramolecular Hbond substituents is 1. The minimum atomic E-state index is 0.300. The molecule has 4 rings (SSSR count). The number of carbonyl (C=O) groups is 1. The predicted molar refractivity (Wildman–Crippen MR) is 118 cm³/mol. The topological polar surface area (TPSA) is 52.7 Å². The molecule has 2 aromatic rings. The Morgan fingerprint density at radius 2 is 1.57 bits per heavy atom. The molecule has 6 nitrogen and oxygen atoms in total. The van der Waals surface area contributed by atoms with Gasteiger partial charge in [-0.05, 0) is 31.2 Å². The molecule has 160 valence electrons. The van der Waals surface area contributed by atoms with Gasteiger partial charge >= 0.3 is 0 Å². The lowest BCUT2D eigenvalue weighted by Gasteiger charge is -2.37. The van der Waals surface area contributed by atoms with Crippen molar-refractivity contribution in [1.82, 2.24) is 4.90 Å². The van der Waals surface area contributed by atoms with Gasteiger partial charge in [-0.15, -0.1) is 0 Å². The van der Waals surface area contributed by atoms with E-state index in [-0.39, 0.29) is 0 Å². The fourth-order valence-corrected chi connectivity index (χ4v) is 4.70. The van der Waals surface area contributed by atoms with Crippen molar-refractivity contribution in [3.05, 3.63) is 60.2 Å². The zero-order chi connectivity index (χ0) is 20.9. The van der Waals surface area contributed by atoms with Crippen molar-refractivity contribution in [2.75, 3.05) is 63.8 Å². The van der Waals surface area contributed by atoms with E-state index in [0.29, 0.717) is 24.2 Å². The lowest BCUT2D eigenvalue weighted by molar-refractivity contribution is -0.933. The van der Waals surface area contributed by atoms with Crippen molar-refractivity contribution in [1.29, 1.82) is 0 Å². The number of quaternary nitrogens is 2. The number of carbonyl (C=O) groups excluding carboxylic acids is 1. The standard InChI is InChI=1S/C24H32N4O2/c1-20(21-5-3-2-4-6-21)26-15-17-28(18-16-26)24(30)19-25-11-13-27(14-12-25)22-7-9-23(29)10-8-22/h2-10,20,29H,11-19H2,1H3/p+2/t20-/m0/s1. The van der Waals surface area contributed by atoms with Crippen LogP contribution >= 0.6 is 0 Å². The highest BCUT2D eigenvalue weighted by molar-refractivity contribution is 5.77. The summed E-state index contributed by atoms with van der Waals surface area (Å²) in [5.74, 6) is 0.600. The molecule has 2 aliphatic heterocycles. The van der Waals surface area contributed by atoms with E-state index >= 15 is 0 Å². The Morgan fingerprint density at radius 1 is 0.933 bits per heavy atom. The van der Waals surface area contributed by atoms with Crippen molar-refractivity contribution < 1.29 is 19.7 Å². The van der Waals surface area contributed by atoms with Crippen LogP contribution in [0.3, 0.4) is 0 Å². The molecule has 0 radical (unpaired) electrons. The summed E-state index contributed by atoms with van der Waals surface area (Å²) >= 11 is 0. The van der Waals surface area contributed by atoms with Gasteiger partial charge in [0.2, 0.25) is 0 Å². The molecule has 2 heterocycles. The maximum absolute atomic E-state index is 12.9. The van der Waals surface area contributed by atoms with E-state index in [1.54, 1.807) is 17.0 Å². The van der Waals surface area contributed by atoms with Gasteiger partial charge in [-0.2, -0.15) is 0 Å². The zero-order valence-electron chi connectivity index (χ0n) is 17.9. The van der Waals surface area contributed by atoms with Gasteiger partial charge in [0.1, 0.15) is 11.8 Å². The molecule has 0 spiro atoms. The average Bonchev–Trinajstić information content (AvgIpc) is 2.80. The molecule has 0 saturated carbocycles. The summed E-state index contributed by atoms with van der Waals surface area (Å²) in [6, 6.07) is 18.6. The molecule has 2 aromatic carbocycles. The van der Waals surface area contributed by atoms with Crippen LogP contribution in [-0.2, 0) is 4.79 Å². The summed E-state index contributed by atoms with van der Waals surface area (Å²) in [5.41, 5.74) is 2.52. The van der Waals surface area contributed by atoms with Gasteiger partial charge in [0.25, 0.3) is 5.91 Å². The number of nitrogens with one attached hydrogen (secondary N) is 2. The molecule has 30 heavy (non-hydrogen) atoms. The molecular weight excluding hydrogens is 376 g/mol. The van der Waals surface area contributed by atoms with Gasteiger partial charge in [-0.1, -0.05) is 30.3 Å². The third-order valence-corrected chi connectivity index (χ3v) is 6.76. The number of amides is 1. The van der Waals surface area contributed by atoms with Crippen LogP contribution < -0.4 is 14.7 Å². The number of rotatable bonds is 5. The summed E-state index contributed by atoms with van der Waals surface area (Å²) in [7, 11) is 0. The predicted octanol–water partition coefficient (Wildman–Crippen LogP) is -0.415. The Bertz CT molecular complexity index is 811. The molecule has 3 N–H and O–H groups in total. The Balaban J connectivity index is 1.21. The second kappa shape index (κ2) is 9.49. The second-order valence-corrected chi connectivity index (χ2v) is 8.60. The number of piperazine rings is 2. The highest BCUT2D eigenvalue weighted by atomic mass is 16.3. The monoisotopic (exact) mass is 410 g/mol. The number of aromatic hydroxyl groups is 1. The van der Waals surface area contributed by atoms with E-state index in [2.05, 4.69) is 47.1 Å². The molecule has 2 aliphatic rings. The largest absolute Gasteiger partial charge is 0.508 e. The average molecular weight is 411 g/mol. The molecule has 1 amide bonds. The van der Waals surface area contributed by atoms with Crippen LogP contribution in [0.5, 0.6) is 5.75 Å². The van der Waals surface area contributed by atoms with E-state index in [9.17, 15) is 9.90 Å². The van der Waals surface area contributed by atoms with Gasteiger partial charge in [0.05, 0.1) is 52.4 Å². The maximum Gasteiger partial charge on any atom is 0.278 e. The third-order valence-electron chi connectivity index (χ3n) is 6.76. The van der Waals surface area contributed by atoms with Gasteiger partial charge in [-0.3, -0.25) is 4.79 Å². The molecule has 1 atom stereocenters. The number of benzene rings is 2. The maximum atomic E-state index is 12.9. The number of anilines is 1. The summed E-state index contributed by atoms with van der Waals surface area (Å²) in [6.07, 6.45) is 0. The molecule has 2 saturated heterocycles. The number of phenols is 1. The van der Waals surface area contributed by atoms with Crippen LogP contribution in [0.15, 0.2) is 54.6 Å². The summed E-state index contributed by atoms with van der Waals surface area (Å²) in [4.78, 5) is 20.2. The SMILES string of the molecule is C[C@@H](c1ccccc1)[NH+]1CCN(C(=O)C[NH+]2CCN(c3ccc(O)cc3)CC2)CC1. The van der Waals surface area contributed by atoms with E-state index in [1.807, 2.05) is 12.1 Å². The quantitative estimate of drug-likeness (QED) is 0.628. The van der Waals surface area contributed by atoms with E-state index in [4.69, 9.17) is 0 Å². The Hall–Kier alpha value is -2.57. The van der Waals surface area contributed by atoms with Crippen molar-refractivity contribution in [3.8, 4) is 5.75 Å². The van der Waals surface area contributed by atoms with Crippen LogP contribution in [0.4, 0.5) is 5.69 Å². The van der Waals surface area contributed by atoms with Crippen LogP contribution in [0.1, 0.15) is 18.5 Å². The molecule has 2 fully saturated rings. The summed E-state index contributed by atoms with van der Waals surface area (Å²) in [5, 5.41) is 9.46. The first-order valence-corrected chi connectivity index (χ1v) is 11.1. The van der Waals surface area contributed by atoms with Gasteiger partial charge < -0.3 is 24.7 Å². The molecular formula is C24H34N4O2+2. The van der Waals surface area contributed by atoms with Gasteiger partial charge in [0.15, 0.2) is 6.54 Å². The second-order valence-electron chi connectivity index (χ2n) is 8.60. The number of nitrogens with zero attached hydrogens (tertiary/aromatic N) is 2. The van der Waals surface area contributed by atoms with Crippen LogP contribution in [-0.4, -0.2) is 74.8 Å². The van der Waals surface area contributed by atoms with E-state index < -0.39 is 0 Å². The molecule has 0 unspecified atom stereocenters. The van der Waals surface area contributed by atoms with Gasteiger partial charge in [0, 0.05) is 11.3 Å². The van der Waals surface area contributed by atoms with Crippen molar-refractivity contribution >= 4 is 11.6 Å². The molecule has 0 bridgehead atoms. The number of hydrogen-bond donors (Lipinski definition) is 3. The fraction of sp³-hybridized carbons (Fsp3) is 0.458. The summed E-state index contributed by atoms with van der Waals surface area (Å²) < 4.78 is 0. The van der Waals surface area contributed by atoms with Crippen molar-refractivity contribution in [3.63, 3.8) is 0 Å². The zero-order valence-corrected chi connectivity index (χ0v) is 17.9.